The molecular weight excluding hydrogens is 204 g/mol. The molecule has 1 aliphatic rings. The summed E-state index contributed by atoms with van der Waals surface area (Å²) in [5, 5.41) is 4.23. The van der Waals surface area contributed by atoms with E-state index in [1.165, 1.54) is 0 Å². The Morgan fingerprint density at radius 3 is 2.94 bits per heavy atom. The quantitative estimate of drug-likeness (QED) is 0.809. The minimum absolute atomic E-state index is 0.0834. The van der Waals surface area contributed by atoms with Crippen LogP contribution in [-0.2, 0) is 4.79 Å². The summed E-state index contributed by atoms with van der Waals surface area (Å²) >= 11 is 0. The van der Waals surface area contributed by atoms with Crippen molar-refractivity contribution < 1.29 is 4.79 Å². The second-order valence-corrected chi connectivity index (χ2v) is 4.58. The van der Waals surface area contributed by atoms with Gasteiger partial charge in [0.25, 0.3) is 0 Å². The second-order valence-electron chi connectivity index (χ2n) is 4.58. The molecule has 2 heterocycles. The molecule has 1 aliphatic heterocycles. The molecule has 1 atom stereocenters. The number of rotatable bonds is 2. The van der Waals surface area contributed by atoms with E-state index in [0.717, 1.165) is 12.1 Å². The third-order valence-corrected chi connectivity index (χ3v) is 2.88. The molecule has 0 bridgehead atoms. The summed E-state index contributed by atoms with van der Waals surface area (Å²) in [4.78, 5) is 13.5. The number of hydrogen-bond acceptors (Lipinski definition) is 3. The van der Waals surface area contributed by atoms with Gasteiger partial charge in [0.15, 0.2) is 0 Å². The normalized spacial score (nSPS) is 21.9. The Labute approximate surface area is 95.2 Å². The van der Waals surface area contributed by atoms with Gasteiger partial charge in [-0.2, -0.15) is 5.10 Å². The topological polar surface area (TPSA) is 64.2 Å². The first-order valence-corrected chi connectivity index (χ1v) is 5.68. The van der Waals surface area contributed by atoms with E-state index in [1.54, 1.807) is 11.1 Å². The molecule has 5 nitrogen and oxygen atoms in total. The Morgan fingerprint density at radius 1 is 1.56 bits per heavy atom. The van der Waals surface area contributed by atoms with Crippen molar-refractivity contribution in [2.75, 3.05) is 11.4 Å². The molecule has 1 aromatic rings. The minimum atomic E-state index is 0.0834. The van der Waals surface area contributed by atoms with Crippen LogP contribution in [-0.4, -0.2) is 28.3 Å². The lowest BCUT2D eigenvalue weighted by atomic mass is 10.1. The summed E-state index contributed by atoms with van der Waals surface area (Å²) in [7, 11) is 0. The van der Waals surface area contributed by atoms with Crippen LogP contribution in [0.2, 0.25) is 0 Å². The highest BCUT2D eigenvalue weighted by molar-refractivity contribution is 5.93. The molecule has 0 aromatic carbocycles. The van der Waals surface area contributed by atoms with Crippen molar-refractivity contribution in [2.45, 2.75) is 38.8 Å². The van der Waals surface area contributed by atoms with Crippen LogP contribution in [0.1, 0.15) is 32.7 Å². The van der Waals surface area contributed by atoms with Crippen molar-refractivity contribution in [1.82, 2.24) is 9.78 Å². The zero-order chi connectivity index (χ0) is 11.7. The third kappa shape index (κ3) is 2.09. The molecular formula is C11H18N4O. The first-order chi connectivity index (χ1) is 7.58. The number of amides is 1. The number of aromatic nitrogens is 2. The van der Waals surface area contributed by atoms with Crippen LogP contribution in [0.25, 0.3) is 0 Å². The van der Waals surface area contributed by atoms with Gasteiger partial charge in [-0.3, -0.25) is 9.48 Å². The molecule has 0 aliphatic carbocycles. The molecule has 5 heteroatoms. The van der Waals surface area contributed by atoms with E-state index in [4.69, 9.17) is 5.73 Å². The van der Waals surface area contributed by atoms with Gasteiger partial charge < -0.3 is 10.6 Å². The average molecular weight is 222 g/mol. The number of anilines is 1. The summed E-state index contributed by atoms with van der Waals surface area (Å²) in [5.74, 6) is 0.144. The Balaban J connectivity index is 2.18. The van der Waals surface area contributed by atoms with E-state index in [2.05, 4.69) is 18.9 Å². The van der Waals surface area contributed by atoms with Crippen molar-refractivity contribution in [3.63, 3.8) is 0 Å². The van der Waals surface area contributed by atoms with Crippen LogP contribution in [0, 0.1) is 0 Å². The lowest BCUT2D eigenvalue weighted by Crippen LogP contribution is -2.46. The Kier molecular flexibility index (Phi) is 2.96. The fourth-order valence-corrected chi connectivity index (χ4v) is 1.87. The highest BCUT2D eigenvalue weighted by atomic mass is 16.2. The summed E-state index contributed by atoms with van der Waals surface area (Å²) < 4.78 is 1.85. The smallest absolute Gasteiger partial charge is 0.227 e. The average Bonchev–Trinajstić information content (AvgIpc) is 2.70. The van der Waals surface area contributed by atoms with Gasteiger partial charge in [-0.15, -0.1) is 0 Å². The summed E-state index contributed by atoms with van der Waals surface area (Å²) in [6, 6.07) is 0.391. The van der Waals surface area contributed by atoms with Crippen molar-refractivity contribution in [3.8, 4) is 0 Å². The lowest BCUT2D eigenvalue weighted by molar-refractivity contribution is -0.119. The molecule has 1 unspecified atom stereocenters. The fourth-order valence-electron chi connectivity index (χ4n) is 1.87. The van der Waals surface area contributed by atoms with Gasteiger partial charge in [0.05, 0.1) is 11.9 Å². The van der Waals surface area contributed by atoms with Crippen molar-refractivity contribution >= 4 is 11.6 Å². The number of nitrogens with zero attached hydrogens (tertiary/aromatic N) is 3. The lowest BCUT2D eigenvalue weighted by Gasteiger charge is -2.29. The summed E-state index contributed by atoms with van der Waals surface area (Å²) in [6.45, 7) is 4.71. The molecule has 0 saturated carbocycles. The van der Waals surface area contributed by atoms with Gasteiger partial charge in [-0.05, 0) is 20.3 Å². The zero-order valence-corrected chi connectivity index (χ0v) is 9.76. The van der Waals surface area contributed by atoms with E-state index < -0.39 is 0 Å². The zero-order valence-electron chi connectivity index (χ0n) is 9.76. The number of hydrogen-bond donors (Lipinski definition) is 1. The van der Waals surface area contributed by atoms with Gasteiger partial charge in [-0.1, -0.05) is 0 Å². The molecule has 2 rings (SSSR count). The van der Waals surface area contributed by atoms with E-state index in [0.29, 0.717) is 19.0 Å². The Bertz CT molecular complexity index is 385. The van der Waals surface area contributed by atoms with Crippen molar-refractivity contribution in [1.29, 1.82) is 0 Å². The Morgan fingerprint density at radius 2 is 2.31 bits per heavy atom. The molecule has 88 valence electrons. The van der Waals surface area contributed by atoms with E-state index in [1.807, 2.05) is 10.9 Å². The Hall–Kier alpha value is -1.36. The van der Waals surface area contributed by atoms with Gasteiger partial charge in [0.1, 0.15) is 0 Å². The standard InChI is InChI=1S/C11H18N4O/c1-8(2)15-7-10(5-13-15)14-6-9(12)3-4-11(14)16/h5,7-9H,3-4,6,12H2,1-2H3. The van der Waals surface area contributed by atoms with Crippen LogP contribution in [0.4, 0.5) is 5.69 Å². The van der Waals surface area contributed by atoms with Gasteiger partial charge >= 0.3 is 0 Å². The molecule has 0 spiro atoms. The van der Waals surface area contributed by atoms with Crippen LogP contribution in [0.5, 0.6) is 0 Å². The fraction of sp³-hybridized carbons (Fsp3) is 0.636. The number of piperidine rings is 1. The molecule has 1 amide bonds. The minimum Gasteiger partial charge on any atom is -0.326 e. The van der Waals surface area contributed by atoms with Crippen molar-refractivity contribution in [3.05, 3.63) is 12.4 Å². The van der Waals surface area contributed by atoms with Crippen LogP contribution >= 0.6 is 0 Å². The van der Waals surface area contributed by atoms with Crippen LogP contribution in [0.15, 0.2) is 12.4 Å². The van der Waals surface area contributed by atoms with Gasteiger partial charge in [-0.25, -0.2) is 0 Å². The SMILES string of the molecule is CC(C)n1cc(N2CC(N)CCC2=O)cn1. The van der Waals surface area contributed by atoms with E-state index >= 15 is 0 Å². The summed E-state index contributed by atoms with van der Waals surface area (Å²) in [6.07, 6.45) is 4.96. The molecule has 2 N–H and O–H groups in total. The van der Waals surface area contributed by atoms with Crippen LogP contribution in [0.3, 0.4) is 0 Å². The van der Waals surface area contributed by atoms with Gasteiger partial charge in [0, 0.05) is 31.2 Å². The second kappa shape index (κ2) is 4.25. The predicted octanol–water partition coefficient (Wildman–Crippen LogP) is 0.918. The highest BCUT2D eigenvalue weighted by Crippen LogP contribution is 2.20. The maximum absolute atomic E-state index is 11.8. The molecule has 0 radical (unpaired) electrons. The number of carbonyl (C=O) groups excluding carboxylic acids is 1. The van der Waals surface area contributed by atoms with Crippen LogP contribution < -0.4 is 10.6 Å². The maximum Gasteiger partial charge on any atom is 0.227 e. The molecule has 1 aromatic heterocycles. The first-order valence-electron chi connectivity index (χ1n) is 5.68. The monoisotopic (exact) mass is 222 g/mol. The molecule has 1 fully saturated rings. The first kappa shape index (κ1) is 11.1. The number of nitrogens with two attached hydrogens (primary N) is 1. The molecule has 16 heavy (non-hydrogen) atoms. The van der Waals surface area contributed by atoms with Gasteiger partial charge in [0.2, 0.25) is 5.91 Å². The largest absolute Gasteiger partial charge is 0.326 e. The third-order valence-electron chi connectivity index (χ3n) is 2.88. The maximum atomic E-state index is 11.8. The van der Waals surface area contributed by atoms with E-state index in [9.17, 15) is 4.79 Å². The highest BCUT2D eigenvalue weighted by Gasteiger charge is 2.25. The number of carbonyl (C=O) groups is 1. The van der Waals surface area contributed by atoms with E-state index in [-0.39, 0.29) is 11.9 Å². The summed E-state index contributed by atoms with van der Waals surface area (Å²) in [5.41, 5.74) is 6.73. The molecule has 1 saturated heterocycles. The van der Waals surface area contributed by atoms with Crippen molar-refractivity contribution in [2.24, 2.45) is 5.73 Å². The predicted molar refractivity (Wildman–Crippen MR) is 62.2 cm³/mol.